The lowest BCUT2D eigenvalue weighted by Crippen LogP contribution is -2.32. The van der Waals surface area contributed by atoms with Gasteiger partial charge in [-0.25, -0.2) is 4.98 Å². The van der Waals surface area contributed by atoms with Crippen LogP contribution in [0.15, 0.2) is 46.9 Å². The quantitative estimate of drug-likeness (QED) is 0.351. The van der Waals surface area contributed by atoms with Gasteiger partial charge >= 0.3 is 6.36 Å². The van der Waals surface area contributed by atoms with Gasteiger partial charge in [-0.05, 0) is 62.4 Å². The van der Waals surface area contributed by atoms with Gasteiger partial charge < -0.3 is 20.3 Å². The van der Waals surface area contributed by atoms with E-state index in [9.17, 15) is 13.2 Å². The van der Waals surface area contributed by atoms with Gasteiger partial charge in [0.2, 0.25) is 5.95 Å². The molecule has 2 N–H and O–H groups in total. The molecule has 4 rings (SSSR count). The van der Waals surface area contributed by atoms with E-state index in [4.69, 9.17) is 9.97 Å². The molecule has 10 heteroatoms. The van der Waals surface area contributed by atoms with Crippen molar-refractivity contribution in [1.82, 2.24) is 15.3 Å². The molecule has 0 saturated heterocycles. The summed E-state index contributed by atoms with van der Waals surface area (Å²) in [5, 5.41) is 7.84. The number of anilines is 2. The molecule has 2 aromatic carbocycles. The molecule has 1 aromatic heterocycles. The van der Waals surface area contributed by atoms with E-state index >= 15 is 0 Å². The summed E-state index contributed by atoms with van der Waals surface area (Å²) in [5.74, 6) is 1.81. The summed E-state index contributed by atoms with van der Waals surface area (Å²) in [6.07, 6.45) is -0.708. The van der Waals surface area contributed by atoms with Gasteiger partial charge in [0.25, 0.3) is 0 Å². The Balaban J connectivity index is 1.29. The van der Waals surface area contributed by atoms with Crippen molar-refractivity contribution in [3.05, 3.63) is 52.5 Å². The summed E-state index contributed by atoms with van der Waals surface area (Å²) in [4.78, 5) is 11.4. The van der Waals surface area contributed by atoms with Crippen LogP contribution in [-0.2, 0) is 6.54 Å². The molecule has 6 nitrogen and oxygen atoms in total. The summed E-state index contributed by atoms with van der Waals surface area (Å²) in [5.41, 5.74) is 1.39. The molecular formula is C25H29BrF3N5O. The fourth-order valence-corrected chi connectivity index (χ4v) is 4.80. The SMILES string of the molecule is CN(C)c1nc(NC2CCC(CNCc3ccc(Br)cc3OC(F)(F)F)CC2)nc2ccccc12. The van der Waals surface area contributed by atoms with Gasteiger partial charge in [0.15, 0.2) is 0 Å². The predicted octanol–water partition coefficient (Wildman–Crippen LogP) is 6.12. The zero-order chi connectivity index (χ0) is 25.0. The van der Waals surface area contributed by atoms with Crippen molar-refractivity contribution in [3.8, 4) is 5.75 Å². The van der Waals surface area contributed by atoms with E-state index in [0.29, 0.717) is 34.5 Å². The Morgan fingerprint density at radius 2 is 1.80 bits per heavy atom. The third-order valence-corrected chi connectivity index (χ3v) is 6.68. The van der Waals surface area contributed by atoms with Crippen molar-refractivity contribution in [3.63, 3.8) is 0 Å². The minimum Gasteiger partial charge on any atom is -0.405 e. The van der Waals surface area contributed by atoms with Crippen LogP contribution in [0.5, 0.6) is 5.75 Å². The van der Waals surface area contributed by atoms with Crippen LogP contribution in [-0.4, -0.2) is 43.0 Å². The van der Waals surface area contributed by atoms with Crippen molar-refractivity contribution in [2.24, 2.45) is 5.92 Å². The maximum absolute atomic E-state index is 12.7. The molecule has 0 radical (unpaired) electrons. The summed E-state index contributed by atoms with van der Waals surface area (Å²) in [7, 11) is 3.95. The van der Waals surface area contributed by atoms with E-state index < -0.39 is 6.36 Å². The average molecular weight is 552 g/mol. The van der Waals surface area contributed by atoms with Crippen LogP contribution in [0.25, 0.3) is 10.9 Å². The zero-order valence-electron chi connectivity index (χ0n) is 19.7. The van der Waals surface area contributed by atoms with Crippen LogP contribution in [0.3, 0.4) is 0 Å². The van der Waals surface area contributed by atoms with E-state index in [2.05, 4.69) is 31.3 Å². The highest BCUT2D eigenvalue weighted by Crippen LogP contribution is 2.31. The van der Waals surface area contributed by atoms with Gasteiger partial charge in [-0.15, -0.1) is 13.2 Å². The molecule has 0 spiro atoms. The highest BCUT2D eigenvalue weighted by atomic mass is 79.9. The van der Waals surface area contributed by atoms with E-state index in [0.717, 1.165) is 48.9 Å². The Morgan fingerprint density at radius 1 is 1.06 bits per heavy atom. The molecule has 35 heavy (non-hydrogen) atoms. The molecule has 1 fully saturated rings. The number of alkyl halides is 3. The zero-order valence-corrected chi connectivity index (χ0v) is 21.3. The molecule has 0 amide bonds. The number of nitrogens with one attached hydrogen (secondary N) is 2. The fraction of sp³-hybridized carbons (Fsp3) is 0.440. The molecule has 0 bridgehead atoms. The van der Waals surface area contributed by atoms with Crippen LogP contribution >= 0.6 is 15.9 Å². The van der Waals surface area contributed by atoms with Crippen molar-refractivity contribution in [2.75, 3.05) is 30.9 Å². The summed E-state index contributed by atoms with van der Waals surface area (Å²) >= 11 is 3.20. The number of benzene rings is 2. The topological polar surface area (TPSA) is 62.3 Å². The van der Waals surface area contributed by atoms with Crippen LogP contribution < -0.4 is 20.3 Å². The van der Waals surface area contributed by atoms with Gasteiger partial charge in [0.05, 0.1) is 5.52 Å². The Kier molecular flexibility index (Phi) is 8.01. The van der Waals surface area contributed by atoms with E-state index in [1.54, 1.807) is 12.1 Å². The second-order valence-electron chi connectivity index (χ2n) is 9.08. The number of ether oxygens (including phenoxy) is 1. The number of aromatic nitrogens is 2. The molecule has 188 valence electrons. The smallest absolute Gasteiger partial charge is 0.405 e. The predicted molar refractivity (Wildman–Crippen MR) is 136 cm³/mol. The molecule has 3 aromatic rings. The highest BCUT2D eigenvalue weighted by Gasteiger charge is 2.32. The number of para-hydroxylation sites is 1. The minimum absolute atomic E-state index is 0.181. The lowest BCUT2D eigenvalue weighted by atomic mass is 9.86. The number of fused-ring (bicyclic) bond motifs is 1. The lowest BCUT2D eigenvalue weighted by molar-refractivity contribution is -0.274. The highest BCUT2D eigenvalue weighted by molar-refractivity contribution is 9.10. The minimum atomic E-state index is -4.72. The summed E-state index contributed by atoms with van der Waals surface area (Å²) in [6.45, 7) is 1.06. The van der Waals surface area contributed by atoms with Crippen molar-refractivity contribution in [2.45, 2.75) is 44.6 Å². The Labute approximate surface area is 211 Å². The van der Waals surface area contributed by atoms with Crippen LogP contribution in [0, 0.1) is 5.92 Å². The first-order valence-electron chi connectivity index (χ1n) is 11.6. The number of halogens is 4. The third-order valence-electron chi connectivity index (χ3n) is 6.19. The lowest BCUT2D eigenvalue weighted by Gasteiger charge is -2.29. The van der Waals surface area contributed by atoms with Gasteiger partial charge in [0.1, 0.15) is 11.6 Å². The molecule has 1 aliphatic carbocycles. The standard InChI is InChI=1S/C25H29BrF3N5O/c1-34(2)23-20-5-3-4-6-21(20)32-24(33-23)31-19-11-7-16(8-12-19)14-30-15-17-9-10-18(26)13-22(17)35-25(27,28)29/h3-6,9-10,13,16,19,30H,7-8,11-12,14-15H2,1-2H3,(H,31,32,33). The van der Waals surface area contributed by atoms with Crippen LogP contribution in [0.2, 0.25) is 0 Å². The first-order chi connectivity index (χ1) is 16.7. The Hall–Kier alpha value is -2.59. The first kappa shape index (κ1) is 25.5. The fourth-order valence-electron chi connectivity index (χ4n) is 4.46. The van der Waals surface area contributed by atoms with Crippen molar-refractivity contribution < 1.29 is 17.9 Å². The number of rotatable bonds is 8. The molecule has 0 unspecified atom stereocenters. The second-order valence-corrected chi connectivity index (χ2v) is 9.99. The van der Waals surface area contributed by atoms with Crippen molar-refractivity contribution >= 4 is 38.6 Å². The van der Waals surface area contributed by atoms with Crippen molar-refractivity contribution in [1.29, 1.82) is 0 Å². The van der Waals surface area contributed by atoms with Crippen LogP contribution in [0.4, 0.5) is 24.9 Å². The summed E-state index contributed by atoms with van der Waals surface area (Å²) in [6, 6.07) is 13.0. The number of nitrogens with zero attached hydrogens (tertiary/aromatic N) is 3. The monoisotopic (exact) mass is 551 g/mol. The Bertz CT molecular complexity index is 1150. The first-order valence-corrected chi connectivity index (χ1v) is 12.4. The average Bonchev–Trinajstić information content (AvgIpc) is 2.80. The molecule has 1 saturated carbocycles. The summed E-state index contributed by atoms with van der Waals surface area (Å²) < 4.78 is 42.9. The van der Waals surface area contributed by atoms with E-state index in [1.807, 2.05) is 43.3 Å². The second kappa shape index (κ2) is 11.0. The molecule has 1 heterocycles. The van der Waals surface area contributed by atoms with E-state index in [1.165, 1.54) is 6.07 Å². The van der Waals surface area contributed by atoms with E-state index in [-0.39, 0.29) is 5.75 Å². The molecular weight excluding hydrogens is 523 g/mol. The van der Waals surface area contributed by atoms with Gasteiger partial charge in [-0.1, -0.05) is 34.1 Å². The van der Waals surface area contributed by atoms with Crippen LogP contribution in [0.1, 0.15) is 31.2 Å². The van der Waals surface area contributed by atoms with Gasteiger partial charge in [-0.3, -0.25) is 0 Å². The molecule has 1 aliphatic rings. The van der Waals surface area contributed by atoms with Gasteiger partial charge in [0, 0.05) is 42.1 Å². The largest absolute Gasteiger partial charge is 0.573 e. The number of hydrogen-bond acceptors (Lipinski definition) is 6. The Morgan fingerprint density at radius 3 is 2.51 bits per heavy atom. The normalized spacial score (nSPS) is 18.5. The third kappa shape index (κ3) is 6.98. The number of hydrogen-bond donors (Lipinski definition) is 2. The molecule has 0 aliphatic heterocycles. The maximum atomic E-state index is 12.7. The van der Waals surface area contributed by atoms with Gasteiger partial charge in [-0.2, -0.15) is 4.98 Å². The maximum Gasteiger partial charge on any atom is 0.573 e. The molecule has 0 atom stereocenters.